The summed E-state index contributed by atoms with van der Waals surface area (Å²) in [7, 11) is -3.09. The summed E-state index contributed by atoms with van der Waals surface area (Å²) in [6.45, 7) is 0. The minimum Gasteiger partial charge on any atom is -0.312 e. The number of hydrogen-bond donors (Lipinski definition) is 0. The minimum atomic E-state index is -3.09. The Hall–Kier alpha value is -6.98. The van der Waals surface area contributed by atoms with Crippen LogP contribution in [-0.4, -0.2) is 17.2 Å². The van der Waals surface area contributed by atoms with E-state index in [9.17, 15) is 0 Å². The molecule has 0 bridgehead atoms. The number of rotatable bonds is 6. The van der Waals surface area contributed by atoms with Gasteiger partial charge in [-0.05, 0) is 50.5 Å². The predicted octanol–water partition coefficient (Wildman–Crippen LogP) is 11.6. The van der Waals surface area contributed by atoms with Gasteiger partial charge in [0.1, 0.15) is 0 Å². The average Bonchev–Trinajstić information content (AvgIpc) is 3.96. The second-order valence-electron chi connectivity index (χ2n) is 15.2. The van der Waals surface area contributed by atoms with Crippen LogP contribution in [0, 0.1) is 0 Å². The summed E-state index contributed by atoms with van der Waals surface area (Å²) < 4.78 is 7.69. The van der Waals surface area contributed by atoms with Crippen LogP contribution >= 0.6 is 11.3 Å². The fourth-order valence-electron chi connectivity index (χ4n) is 9.92. The van der Waals surface area contributed by atoms with Crippen molar-refractivity contribution in [3.63, 3.8) is 0 Å². The number of nitrogens with zero attached hydrogens (tertiary/aromatic N) is 2. The lowest BCUT2D eigenvalue weighted by molar-refractivity contribution is 1.18. The Labute approximate surface area is 341 Å². The summed E-state index contributed by atoms with van der Waals surface area (Å²) in [6.07, 6.45) is 0. The highest BCUT2D eigenvalue weighted by Gasteiger charge is 2.32. The normalized spacial score (nSPS) is 12.1. The van der Waals surface area contributed by atoms with Gasteiger partial charge >= 0.3 is 0 Å². The average molecular weight is 773 g/mol. The summed E-state index contributed by atoms with van der Waals surface area (Å²) in [5.41, 5.74) is 7.30. The van der Waals surface area contributed by atoms with Crippen molar-refractivity contribution in [2.45, 2.75) is 0 Å². The number of fused-ring (bicyclic) bond motifs is 10. The molecule has 0 amide bonds. The van der Waals surface area contributed by atoms with Crippen molar-refractivity contribution in [3.8, 4) is 11.4 Å². The lowest BCUT2D eigenvalue weighted by Crippen LogP contribution is -2.75. The van der Waals surface area contributed by atoms with Crippen molar-refractivity contribution in [1.82, 2.24) is 9.13 Å². The van der Waals surface area contributed by atoms with Gasteiger partial charge in [-0.3, -0.25) is 0 Å². The van der Waals surface area contributed by atoms with Crippen LogP contribution in [0.1, 0.15) is 0 Å². The van der Waals surface area contributed by atoms with Crippen LogP contribution in [0.5, 0.6) is 0 Å². The molecule has 0 N–H and O–H groups in total. The van der Waals surface area contributed by atoms with E-state index < -0.39 is 8.07 Å². The monoisotopic (exact) mass is 772 g/mol. The van der Waals surface area contributed by atoms with Crippen molar-refractivity contribution >= 4 is 104 Å². The SMILES string of the molecule is c1ccc(-n2c3ccccc3c3cccc([Si-](c4ccccc4)(c4ccccc4)c4cccc(-n5c6ccccc6c6ccc7sc8ccccc8c7c65)c4)c32)cc1. The first-order chi connectivity index (χ1) is 28.8. The Balaban J connectivity index is 1.25. The summed E-state index contributed by atoms with van der Waals surface area (Å²) in [6, 6.07) is 81.6. The third-order valence-corrected chi connectivity index (χ3v) is 18.2. The highest BCUT2D eigenvalue weighted by molar-refractivity contribution is 7.26. The van der Waals surface area contributed by atoms with E-state index in [0.29, 0.717) is 0 Å². The van der Waals surface area contributed by atoms with Crippen molar-refractivity contribution in [1.29, 1.82) is 0 Å². The Morgan fingerprint density at radius 3 is 1.52 bits per heavy atom. The van der Waals surface area contributed by atoms with Crippen LogP contribution in [0.4, 0.5) is 0 Å². The van der Waals surface area contributed by atoms with Crippen LogP contribution in [0.25, 0.3) is 75.2 Å². The molecule has 273 valence electrons. The molecular weight excluding hydrogens is 737 g/mol. The standard InChI is InChI=1S/C54H36N2SSi/c1-4-18-37(19-5-1)55-47-30-13-10-26-42(47)44-29-17-33-51(53(44)55)58(39-21-6-2-7-22-39,40-23-8-3-9-24-40)41-25-16-20-38(36-41)56-48-31-14-11-27-43(48)45-34-35-50-52(54(45)56)46-28-12-15-32-49(46)57-50/h1-36H/q-1. The largest absolute Gasteiger partial charge is 0.312 e. The second kappa shape index (κ2) is 13.0. The molecule has 2 nitrogen and oxygen atoms in total. The Kier molecular flexibility index (Phi) is 7.46. The van der Waals surface area contributed by atoms with Crippen LogP contribution < -0.4 is 20.7 Å². The molecule has 9 aromatic carbocycles. The zero-order valence-electron chi connectivity index (χ0n) is 31.6. The molecule has 12 rings (SSSR count). The first-order valence-corrected chi connectivity index (χ1v) is 22.8. The number of para-hydroxylation sites is 4. The van der Waals surface area contributed by atoms with E-state index in [0.717, 1.165) is 5.69 Å². The fourth-order valence-corrected chi connectivity index (χ4v) is 16.0. The van der Waals surface area contributed by atoms with E-state index in [1.54, 1.807) is 0 Å². The van der Waals surface area contributed by atoms with Crippen molar-refractivity contribution in [2.75, 3.05) is 0 Å². The van der Waals surface area contributed by atoms with Crippen LogP contribution in [0.3, 0.4) is 0 Å². The molecule has 0 radical (unpaired) electrons. The van der Waals surface area contributed by atoms with Crippen molar-refractivity contribution in [2.24, 2.45) is 0 Å². The molecule has 58 heavy (non-hydrogen) atoms. The fraction of sp³-hybridized carbons (Fsp3) is 0. The molecule has 0 spiro atoms. The van der Waals surface area contributed by atoms with E-state index in [4.69, 9.17) is 0 Å². The van der Waals surface area contributed by atoms with Crippen molar-refractivity contribution < 1.29 is 0 Å². The molecule has 0 aliphatic carbocycles. The number of aromatic nitrogens is 2. The van der Waals surface area contributed by atoms with E-state index in [2.05, 4.69) is 228 Å². The lowest BCUT2D eigenvalue weighted by Gasteiger charge is -2.48. The van der Waals surface area contributed by atoms with Gasteiger partial charge in [0.05, 0.1) is 16.6 Å². The molecule has 0 unspecified atom stereocenters. The van der Waals surface area contributed by atoms with E-state index in [1.807, 2.05) is 11.3 Å². The van der Waals surface area contributed by atoms with Gasteiger partial charge < -0.3 is 9.13 Å². The van der Waals surface area contributed by atoms with E-state index in [1.165, 1.54) is 90.2 Å². The smallest absolute Gasteiger partial charge is 0.0634 e. The quantitative estimate of drug-likeness (QED) is 0.118. The maximum absolute atomic E-state index is 3.09. The summed E-state index contributed by atoms with van der Waals surface area (Å²) in [4.78, 5) is 0. The topological polar surface area (TPSA) is 9.86 Å². The maximum Gasteiger partial charge on any atom is 0.0634 e. The molecular formula is C54H36N2SSi-. The zero-order valence-corrected chi connectivity index (χ0v) is 33.4. The molecule has 3 aromatic heterocycles. The maximum atomic E-state index is 2.55. The molecule has 0 saturated heterocycles. The van der Waals surface area contributed by atoms with Gasteiger partial charge in [-0.1, -0.05) is 176 Å². The lowest BCUT2D eigenvalue weighted by atomic mass is 10.1. The summed E-state index contributed by atoms with van der Waals surface area (Å²) >= 11 is 1.88. The van der Waals surface area contributed by atoms with Gasteiger partial charge in [-0.25, -0.2) is 0 Å². The van der Waals surface area contributed by atoms with E-state index >= 15 is 0 Å². The molecule has 0 aliphatic heterocycles. The van der Waals surface area contributed by atoms with Crippen molar-refractivity contribution in [3.05, 3.63) is 218 Å². The van der Waals surface area contributed by atoms with Crippen LogP contribution in [0.2, 0.25) is 0 Å². The third-order valence-electron chi connectivity index (χ3n) is 12.2. The minimum absolute atomic E-state index is 1.16. The summed E-state index contributed by atoms with van der Waals surface area (Å²) in [5.74, 6) is 0. The molecule has 3 heterocycles. The van der Waals surface area contributed by atoms with E-state index in [-0.39, 0.29) is 0 Å². The number of benzene rings is 9. The molecule has 0 saturated carbocycles. The molecule has 0 atom stereocenters. The molecule has 12 aromatic rings. The van der Waals surface area contributed by atoms with Gasteiger partial charge in [-0.15, -0.1) is 16.5 Å². The van der Waals surface area contributed by atoms with Gasteiger partial charge in [0.15, 0.2) is 0 Å². The Bertz CT molecular complexity index is 3470. The molecule has 0 aliphatic rings. The number of thiophene rings is 1. The van der Waals surface area contributed by atoms with Gasteiger partial charge in [0.2, 0.25) is 0 Å². The molecule has 0 fully saturated rings. The highest BCUT2D eigenvalue weighted by atomic mass is 32.1. The third kappa shape index (κ3) is 4.70. The first-order valence-electron chi connectivity index (χ1n) is 19.9. The van der Waals surface area contributed by atoms with Gasteiger partial charge in [-0.2, -0.15) is 15.6 Å². The Morgan fingerprint density at radius 1 is 0.328 bits per heavy atom. The van der Waals surface area contributed by atoms with Gasteiger partial charge in [0, 0.05) is 58.6 Å². The number of hydrogen-bond acceptors (Lipinski definition) is 1. The predicted molar refractivity (Wildman–Crippen MR) is 252 cm³/mol. The van der Waals surface area contributed by atoms with Crippen LogP contribution in [0.15, 0.2) is 218 Å². The Morgan fingerprint density at radius 2 is 0.828 bits per heavy atom. The zero-order chi connectivity index (χ0) is 38.2. The second-order valence-corrected chi connectivity index (χ2v) is 20.1. The highest BCUT2D eigenvalue weighted by Crippen LogP contribution is 2.43. The van der Waals surface area contributed by atoms with Gasteiger partial charge in [0.25, 0.3) is 0 Å². The summed E-state index contributed by atoms with van der Waals surface area (Å²) in [5, 5.41) is 13.1. The van der Waals surface area contributed by atoms with Crippen LogP contribution in [-0.2, 0) is 0 Å². The molecule has 4 heteroatoms. The first kappa shape index (κ1) is 33.2.